The van der Waals surface area contributed by atoms with Gasteiger partial charge in [-0.05, 0) is 56.3 Å². The molecule has 1 heterocycles. The first-order valence-corrected chi connectivity index (χ1v) is 7.15. The van der Waals surface area contributed by atoms with Crippen LogP contribution in [0.4, 0.5) is 5.69 Å². The first-order valence-electron chi connectivity index (χ1n) is 7.15. The topological polar surface area (TPSA) is 81.1 Å². The molecule has 4 fully saturated rings. The maximum Gasteiger partial charge on any atom is 0.358 e. The van der Waals surface area contributed by atoms with Gasteiger partial charge in [-0.1, -0.05) is 0 Å². The number of nitrogen functional groups attached to an aromatic ring is 1. The van der Waals surface area contributed by atoms with Crippen LogP contribution in [0.1, 0.15) is 49.0 Å². The molecule has 0 radical (unpaired) electrons. The molecule has 0 aromatic carbocycles. The Balaban J connectivity index is 1.75. The number of nitrogens with two attached hydrogens (primary N) is 1. The summed E-state index contributed by atoms with van der Waals surface area (Å²) in [4.78, 5) is 11.1. The van der Waals surface area contributed by atoms with E-state index in [0.29, 0.717) is 5.69 Å². The van der Waals surface area contributed by atoms with Crippen molar-refractivity contribution >= 4 is 11.7 Å². The lowest BCUT2D eigenvalue weighted by molar-refractivity contribution is -0.0495. The Kier molecular flexibility index (Phi) is 2.10. The van der Waals surface area contributed by atoms with Crippen molar-refractivity contribution in [1.82, 2.24) is 9.78 Å². The van der Waals surface area contributed by atoms with Crippen molar-refractivity contribution in [2.45, 2.75) is 44.1 Å². The van der Waals surface area contributed by atoms with Gasteiger partial charge in [0, 0.05) is 6.20 Å². The van der Waals surface area contributed by atoms with E-state index in [0.717, 1.165) is 37.0 Å². The third kappa shape index (κ3) is 1.53. The van der Waals surface area contributed by atoms with Crippen LogP contribution in [-0.4, -0.2) is 20.9 Å². The summed E-state index contributed by atoms with van der Waals surface area (Å²) in [5.74, 6) is 1.40. The second-order valence-corrected chi connectivity index (χ2v) is 6.82. The predicted octanol–water partition coefficient (Wildman–Crippen LogP) is 2.09. The van der Waals surface area contributed by atoms with E-state index in [2.05, 4.69) is 5.10 Å². The van der Waals surface area contributed by atoms with Crippen LogP contribution < -0.4 is 5.73 Å². The lowest BCUT2D eigenvalue weighted by atomic mass is 9.53. The monoisotopic (exact) mass is 261 g/mol. The molecule has 1 aromatic heterocycles. The van der Waals surface area contributed by atoms with Gasteiger partial charge in [0.05, 0.1) is 11.2 Å². The summed E-state index contributed by atoms with van der Waals surface area (Å²) in [6.07, 6.45) is 9.29. The van der Waals surface area contributed by atoms with Crippen LogP contribution >= 0.6 is 0 Å². The van der Waals surface area contributed by atoms with Crippen molar-refractivity contribution in [2.75, 3.05) is 5.73 Å². The van der Waals surface area contributed by atoms with Crippen molar-refractivity contribution in [1.29, 1.82) is 0 Å². The molecule has 4 saturated carbocycles. The molecule has 3 N–H and O–H groups in total. The highest BCUT2D eigenvalue weighted by atomic mass is 16.4. The number of hydrogen-bond donors (Lipinski definition) is 2. The Labute approximate surface area is 111 Å². The molecule has 0 atom stereocenters. The van der Waals surface area contributed by atoms with Crippen molar-refractivity contribution in [3.05, 3.63) is 11.9 Å². The van der Waals surface area contributed by atoms with Gasteiger partial charge in [0.15, 0.2) is 5.69 Å². The SMILES string of the molecule is Nc1cn(C23CC4CC(CC(C4)C2)C3)nc1C(=O)O. The first kappa shape index (κ1) is 11.3. The Bertz CT molecular complexity index is 514. The Morgan fingerprint density at radius 2 is 1.79 bits per heavy atom. The Morgan fingerprint density at radius 1 is 1.26 bits per heavy atom. The van der Waals surface area contributed by atoms with Crippen molar-refractivity contribution in [3.8, 4) is 0 Å². The predicted molar refractivity (Wildman–Crippen MR) is 69.7 cm³/mol. The molecule has 0 unspecified atom stereocenters. The summed E-state index contributed by atoms with van der Waals surface area (Å²) in [5.41, 5.74) is 6.15. The fraction of sp³-hybridized carbons (Fsp3) is 0.714. The number of anilines is 1. The summed E-state index contributed by atoms with van der Waals surface area (Å²) < 4.78 is 1.90. The molecule has 4 aliphatic carbocycles. The minimum absolute atomic E-state index is 0.00995. The van der Waals surface area contributed by atoms with Crippen LogP contribution in [0, 0.1) is 17.8 Å². The maximum absolute atomic E-state index is 11.1. The van der Waals surface area contributed by atoms with Crippen LogP contribution in [0.2, 0.25) is 0 Å². The molecule has 4 bridgehead atoms. The van der Waals surface area contributed by atoms with Gasteiger partial charge in [-0.3, -0.25) is 4.68 Å². The van der Waals surface area contributed by atoms with Gasteiger partial charge in [-0.25, -0.2) is 4.79 Å². The van der Waals surface area contributed by atoms with Crippen LogP contribution in [0.3, 0.4) is 0 Å². The number of nitrogens with zero attached hydrogens (tertiary/aromatic N) is 2. The fourth-order valence-electron chi connectivity index (χ4n) is 5.14. The standard InChI is InChI=1S/C14H19N3O2/c15-11-7-17(16-12(11)13(18)19)14-4-8-1-9(5-14)3-10(2-8)6-14/h7-10H,1-6,15H2,(H,18,19). The summed E-state index contributed by atoms with van der Waals surface area (Å²) in [7, 11) is 0. The lowest BCUT2D eigenvalue weighted by Gasteiger charge is -2.56. The van der Waals surface area contributed by atoms with Crippen molar-refractivity contribution in [3.63, 3.8) is 0 Å². The molecule has 5 nitrogen and oxygen atoms in total. The molecular weight excluding hydrogens is 242 g/mol. The minimum atomic E-state index is -1.03. The highest BCUT2D eigenvalue weighted by molar-refractivity contribution is 5.91. The summed E-state index contributed by atoms with van der Waals surface area (Å²) >= 11 is 0. The molecule has 0 saturated heterocycles. The van der Waals surface area contributed by atoms with Crippen LogP contribution in [0.25, 0.3) is 0 Å². The zero-order valence-corrected chi connectivity index (χ0v) is 10.9. The fourth-order valence-corrected chi connectivity index (χ4v) is 5.14. The van der Waals surface area contributed by atoms with Crippen LogP contribution in [0.15, 0.2) is 6.20 Å². The highest BCUT2D eigenvalue weighted by Gasteiger charge is 2.52. The van der Waals surface area contributed by atoms with E-state index >= 15 is 0 Å². The molecule has 4 aliphatic rings. The number of rotatable bonds is 2. The largest absolute Gasteiger partial charge is 0.476 e. The second kappa shape index (κ2) is 3.52. The number of carboxylic acids is 1. The van der Waals surface area contributed by atoms with Gasteiger partial charge >= 0.3 is 5.97 Å². The van der Waals surface area contributed by atoms with Crippen molar-refractivity contribution < 1.29 is 9.90 Å². The molecule has 5 rings (SSSR count). The summed E-state index contributed by atoms with van der Waals surface area (Å²) in [6.45, 7) is 0. The number of aromatic nitrogens is 2. The van der Waals surface area contributed by atoms with Gasteiger partial charge in [0.25, 0.3) is 0 Å². The zero-order chi connectivity index (χ0) is 13.2. The molecule has 1 aromatic rings. The van der Waals surface area contributed by atoms with E-state index in [9.17, 15) is 4.79 Å². The highest BCUT2D eigenvalue weighted by Crippen LogP contribution is 2.58. The van der Waals surface area contributed by atoms with E-state index in [1.54, 1.807) is 6.20 Å². The minimum Gasteiger partial charge on any atom is -0.476 e. The summed E-state index contributed by atoms with van der Waals surface area (Å²) in [6, 6.07) is 0. The molecule has 0 spiro atoms. The Morgan fingerprint density at radius 3 is 2.21 bits per heavy atom. The van der Waals surface area contributed by atoms with E-state index in [4.69, 9.17) is 10.8 Å². The molecule has 0 aliphatic heterocycles. The number of aromatic carboxylic acids is 1. The summed E-state index contributed by atoms with van der Waals surface area (Å²) in [5, 5.41) is 13.4. The molecule has 19 heavy (non-hydrogen) atoms. The first-order chi connectivity index (χ1) is 9.06. The van der Waals surface area contributed by atoms with Gasteiger partial charge in [-0.15, -0.1) is 0 Å². The van der Waals surface area contributed by atoms with Crippen molar-refractivity contribution in [2.24, 2.45) is 17.8 Å². The number of hydrogen-bond acceptors (Lipinski definition) is 3. The zero-order valence-electron chi connectivity index (χ0n) is 10.9. The average molecular weight is 261 g/mol. The molecule has 5 heteroatoms. The molecule has 102 valence electrons. The van der Waals surface area contributed by atoms with E-state index in [-0.39, 0.29) is 11.2 Å². The van der Waals surface area contributed by atoms with E-state index in [1.807, 2.05) is 4.68 Å². The second-order valence-electron chi connectivity index (χ2n) is 6.82. The van der Waals surface area contributed by atoms with E-state index in [1.165, 1.54) is 19.3 Å². The van der Waals surface area contributed by atoms with Gasteiger partial charge in [0.1, 0.15) is 0 Å². The maximum atomic E-state index is 11.1. The third-order valence-corrected chi connectivity index (χ3v) is 5.44. The van der Waals surface area contributed by atoms with E-state index < -0.39 is 5.97 Å². The Hall–Kier alpha value is -1.52. The van der Waals surface area contributed by atoms with Gasteiger partial charge < -0.3 is 10.8 Å². The van der Waals surface area contributed by atoms with Gasteiger partial charge in [-0.2, -0.15) is 5.10 Å². The normalized spacial score (nSPS) is 39.7. The third-order valence-electron chi connectivity index (χ3n) is 5.44. The van der Waals surface area contributed by atoms with Crippen LogP contribution in [-0.2, 0) is 5.54 Å². The number of carbonyl (C=O) groups is 1. The molecular formula is C14H19N3O2. The number of carboxylic acid groups (broad SMARTS) is 1. The molecule has 0 amide bonds. The van der Waals surface area contributed by atoms with Crippen LogP contribution in [0.5, 0.6) is 0 Å². The smallest absolute Gasteiger partial charge is 0.358 e. The average Bonchev–Trinajstić information content (AvgIpc) is 2.70. The quantitative estimate of drug-likeness (QED) is 0.854. The lowest BCUT2D eigenvalue weighted by Crippen LogP contribution is -2.52. The van der Waals surface area contributed by atoms with Gasteiger partial charge in [0.2, 0.25) is 0 Å².